The molecule has 0 aromatic heterocycles. The Labute approximate surface area is 213 Å². The Morgan fingerprint density at radius 2 is 1.39 bits per heavy atom. The Kier molecular flexibility index (Phi) is 13.3. The molecule has 11 heteroatoms. The number of carbonyl (C=O) groups is 3. The van der Waals surface area contributed by atoms with Gasteiger partial charge in [0.25, 0.3) is 0 Å². The minimum atomic E-state index is -3.36. The van der Waals surface area contributed by atoms with E-state index in [9.17, 15) is 34.8 Å². The zero-order chi connectivity index (χ0) is 27.6. The maximum Gasteiger partial charge on any atom is 0.213 e. The number of carbonyl (C=O) groups excluding carboxylic acids is 3. The summed E-state index contributed by atoms with van der Waals surface area (Å²) in [6, 6.07) is 0. The van der Waals surface area contributed by atoms with E-state index in [1.165, 1.54) is 0 Å². The van der Waals surface area contributed by atoms with Crippen LogP contribution in [-0.2, 0) is 33.3 Å². The lowest BCUT2D eigenvalue weighted by Gasteiger charge is -2.57. The minimum Gasteiger partial charge on any atom is -0.394 e. The van der Waals surface area contributed by atoms with Gasteiger partial charge < -0.3 is 39.4 Å². The van der Waals surface area contributed by atoms with Gasteiger partial charge in [0.05, 0.1) is 19.8 Å². The summed E-state index contributed by atoms with van der Waals surface area (Å²) < 4.78 is 22.7. The first kappa shape index (κ1) is 32.7. The molecule has 1 heterocycles. The summed E-state index contributed by atoms with van der Waals surface area (Å²) in [5.74, 6) is -3.65. The molecule has 1 saturated heterocycles. The maximum absolute atomic E-state index is 12.7. The number of Topliss-reactive ketones (excluding diaryl/α,β-unsaturated/α-hetero) is 3. The van der Waals surface area contributed by atoms with Crippen molar-refractivity contribution in [1.82, 2.24) is 0 Å². The molecule has 0 spiro atoms. The Balaban J connectivity index is 3.23. The molecule has 1 unspecified atom stereocenters. The van der Waals surface area contributed by atoms with E-state index < -0.39 is 59.3 Å². The lowest BCUT2D eigenvalue weighted by Crippen LogP contribution is -2.86. The van der Waals surface area contributed by atoms with Gasteiger partial charge in [-0.3, -0.25) is 14.4 Å². The van der Waals surface area contributed by atoms with E-state index in [2.05, 4.69) is 13.8 Å². The number of ketones is 3. The topological polar surface area (TPSA) is 169 Å². The van der Waals surface area contributed by atoms with Gasteiger partial charge in [-0.25, -0.2) is 0 Å². The summed E-state index contributed by atoms with van der Waals surface area (Å²) in [4.78, 5) is 37.7. The first-order valence-electron chi connectivity index (χ1n) is 12.7. The van der Waals surface area contributed by atoms with Crippen molar-refractivity contribution in [2.24, 2.45) is 0 Å². The molecule has 0 amide bonds. The third-order valence-electron chi connectivity index (χ3n) is 6.68. The largest absolute Gasteiger partial charge is 0.394 e. The van der Waals surface area contributed by atoms with Crippen molar-refractivity contribution in [2.45, 2.75) is 108 Å². The SMILES string of the molecule is CCCCCOCC(CO[C@@H]1O[C@H](CO)[C@](O)(C(C)=O)[C@@](O)(C(C)=O)[C@]1(O)C(C)=O)OCCCCC. The molecule has 1 aliphatic rings. The summed E-state index contributed by atoms with van der Waals surface area (Å²) in [5.41, 5.74) is -9.64. The lowest BCUT2D eigenvalue weighted by atomic mass is 9.61. The van der Waals surface area contributed by atoms with E-state index in [4.69, 9.17) is 18.9 Å². The van der Waals surface area contributed by atoms with Gasteiger partial charge in [-0.05, 0) is 33.6 Å². The van der Waals surface area contributed by atoms with Crippen LogP contribution in [0.3, 0.4) is 0 Å². The number of hydrogen-bond acceptors (Lipinski definition) is 11. The van der Waals surface area contributed by atoms with Crippen LogP contribution in [0.5, 0.6) is 0 Å². The third kappa shape index (κ3) is 6.57. The molecule has 1 rings (SSSR count). The highest BCUT2D eigenvalue weighted by molar-refractivity contribution is 6.05. The maximum atomic E-state index is 12.7. The molecular formula is C25H44O11. The molecule has 6 atom stereocenters. The highest BCUT2D eigenvalue weighted by Crippen LogP contribution is 2.46. The smallest absolute Gasteiger partial charge is 0.213 e. The van der Waals surface area contributed by atoms with Gasteiger partial charge >= 0.3 is 0 Å². The van der Waals surface area contributed by atoms with Crippen LogP contribution in [0.4, 0.5) is 0 Å². The van der Waals surface area contributed by atoms with Gasteiger partial charge in [-0.2, -0.15) is 0 Å². The number of aliphatic hydroxyl groups excluding tert-OH is 1. The van der Waals surface area contributed by atoms with Crippen LogP contribution in [0.1, 0.15) is 73.1 Å². The number of ether oxygens (including phenoxy) is 4. The number of hydrogen-bond donors (Lipinski definition) is 4. The van der Waals surface area contributed by atoms with Crippen molar-refractivity contribution in [1.29, 1.82) is 0 Å². The summed E-state index contributed by atoms with van der Waals surface area (Å²) in [5, 5.41) is 43.7. The molecule has 1 fully saturated rings. The first-order chi connectivity index (χ1) is 16.9. The molecular weight excluding hydrogens is 476 g/mol. The second-order valence-corrected chi connectivity index (χ2v) is 9.37. The van der Waals surface area contributed by atoms with Gasteiger partial charge in [0.2, 0.25) is 11.2 Å². The molecule has 0 bridgehead atoms. The van der Waals surface area contributed by atoms with Gasteiger partial charge in [0, 0.05) is 13.2 Å². The molecule has 1 aliphatic heterocycles. The normalized spacial score (nSPS) is 31.2. The Hall–Kier alpha value is -1.31. The van der Waals surface area contributed by atoms with Crippen molar-refractivity contribution >= 4 is 17.3 Å². The predicted octanol–water partition coefficient (Wildman–Crippen LogP) is 0.463. The molecule has 0 saturated carbocycles. The minimum absolute atomic E-state index is 0.138. The van der Waals surface area contributed by atoms with Crippen molar-refractivity contribution in [3.63, 3.8) is 0 Å². The van der Waals surface area contributed by atoms with Crippen LogP contribution in [-0.4, -0.2) is 106 Å². The van der Waals surface area contributed by atoms with Gasteiger partial charge in [0.1, 0.15) is 12.2 Å². The highest BCUT2D eigenvalue weighted by atomic mass is 16.7. The van der Waals surface area contributed by atoms with E-state index >= 15 is 0 Å². The van der Waals surface area contributed by atoms with Crippen molar-refractivity contribution in [2.75, 3.05) is 33.0 Å². The van der Waals surface area contributed by atoms with Gasteiger partial charge in [-0.1, -0.05) is 39.5 Å². The van der Waals surface area contributed by atoms with E-state index in [-0.39, 0.29) is 13.2 Å². The average Bonchev–Trinajstić information content (AvgIpc) is 2.83. The molecule has 0 aromatic rings. The van der Waals surface area contributed by atoms with Crippen LogP contribution < -0.4 is 0 Å². The molecule has 11 nitrogen and oxygen atoms in total. The molecule has 4 N–H and O–H groups in total. The Morgan fingerprint density at radius 1 is 0.833 bits per heavy atom. The first-order valence-corrected chi connectivity index (χ1v) is 12.7. The highest BCUT2D eigenvalue weighted by Gasteiger charge is 2.78. The average molecular weight is 521 g/mol. The molecule has 210 valence electrons. The number of rotatable bonds is 18. The summed E-state index contributed by atoms with van der Waals surface area (Å²) >= 11 is 0. The fraction of sp³-hybridized carbons (Fsp3) is 0.880. The monoisotopic (exact) mass is 520 g/mol. The van der Waals surface area contributed by atoms with Crippen molar-refractivity contribution < 1.29 is 53.8 Å². The van der Waals surface area contributed by atoms with Gasteiger partial charge in [0.15, 0.2) is 29.2 Å². The number of aliphatic hydroxyl groups is 4. The molecule has 36 heavy (non-hydrogen) atoms. The van der Waals surface area contributed by atoms with Crippen LogP contribution in [0, 0.1) is 0 Å². The second-order valence-electron chi connectivity index (χ2n) is 9.37. The predicted molar refractivity (Wildman–Crippen MR) is 128 cm³/mol. The third-order valence-corrected chi connectivity index (χ3v) is 6.68. The Morgan fingerprint density at radius 3 is 1.86 bits per heavy atom. The Bertz CT molecular complexity index is 729. The van der Waals surface area contributed by atoms with E-state index in [0.717, 1.165) is 59.3 Å². The lowest BCUT2D eigenvalue weighted by molar-refractivity contribution is -0.370. The van der Waals surface area contributed by atoms with Crippen LogP contribution >= 0.6 is 0 Å². The fourth-order valence-electron chi connectivity index (χ4n) is 4.42. The van der Waals surface area contributed by atoms with Crippen molar-refractivity contribution in [3.8, 4) is 0 Å². The summed E-state index contributed by atoms with van der Waals surface area (Å²) in [6.45, 7) is 6.40. The molecule has 0 radical (unpaired) electrons. The van der Waals surface area contributed by atoms with E-state index in [1.54, 1.807) is 0 Å². The summed E-state index contributed by atoms with van der Waals surface area (Å²) in [7, 11) is 0. The van der Waals surface area contributed by atoms with E-state index in [0.29, 0.717) is 13.2 Å². The van der Waals surface area contributed by atoms with Crippen LogP contribution in [0.2, 0.25) is 0 Å². The molecule has 0 aromatic carbocycles. The van der Waals surface area contributed by atoms with E-state index in [1.807, 2.05) is 0 Å². The van der Waals surface area contributed by atoms with Crippen LogP contribution in [0.15, 0.2) is 0 Å². The zero-order valence-electron chi connectivity index (χ0n) is 22.2. The quantitative estimate of drug-likeness (QED) is 0.185. The standard InChI is InChI=1S/C25H44O11/c1-6-8-10-12-33-15-20(34-13-11-9-7-2)16-35-22-24(31,18(4)28)25(32,19(5)29)23(30,17(3)27)21(14-26)36-22/h20-22,26,30-32H,6-16H2,1-5H3/t20?,21-,22-,23-,24+,25+/m1/s1. The van der Waals surface area contributed by atoms with Crippen LogP contribution in [0.25, 0.3) is 0 Å². The summed E-state index contributed by atoms with van der Waals surface area (Å²) in [6.07, 6.45) is 1.11. The zero-order valence-corrected chi connectivity index (χ0v) is 22.2. The second kappa shape index (κ2) is 14.6. The fourth-order valence-corrected chi connectivity index (χ4v) is 4.42. The van der Waals surface area contributed by atoms with Crippen molar-refractivity contribution in [3.05, 3.63) is 0 Å². The molecule has 0 aliphatic carbocycles. The van der Waals surface area contributed by atoms with Gasteiger partial charge in [-0.15, -0.1) is 0 Å². The number of unbranched alkanes of at least 4 members (excludes halogenated alkanes) is 4.